The molecule has 0 aromatic heterocycles. The zero-order chi connectivity index (χ0) is 0. The molecule has 0 aromatic carbocycles. The summed E-state index contributed by atoms with van der Waals surface area (Å²) in [6, 6.07) is 0. The Morgan fingerprint density at radius 1 is 0.375 bits per heavy atom. The summed E-state index contributed by atoms with van der Waals surface area (Å²) in [4.78, 5) is 0. The predicted molar refractivity (Wildman–Crippen MR) is 11.7 cm³/mol. The van der Waals surface area contributed by atoms with Crippen LogP contribution in [0.15, 0.2) is 0 Å². The van der Waals surface area contributed by atoms with E-state index in [2.05, 4.69) is 0 Å². The van der Waals surface area contributed by atoms with Gasteiger partial charge in [-0.1, -0.05) is 0 Å². The molecule has 56 valence electrons. The Kier molecular flexibility index (Phi) is 5550000. The van der Waals surface area contributed by atoms with Crippen molar-refractivity contribution in [1.82, 2.24) is 6.15 Å². The van der Waals surface area contributed by atoms with E-state index in [1.54, 1.807) is 0 Å². The average molecular weight is 315 g/mol. The van der Waals surface area contributed by atoms with E-state index >= 15 is 0 Å². The maximum absolute atomic E-state index is 0. The second-order valence-corrected chi connectivity index (χ2v) is 0. The fourth-order valence-corrected chi connectivity index (χ4v) is 0. The normalized spacial score (nSPS) is 0. The molecule has 0 unspecified atom stereocenters. The molecule has 0 atom stereocenters. The Morgan fingerprint density at radius 2 is 0.375 bits per heavy atom. The van der Waals surface area contributed by atoms with Crippen molar-refractivity contribution in [1.29, 1.82) is 0 Å². The largest absolute Gasteiger partial charge is 0.344 e. The molecule has 0 amide bonds. The summed E-state index contributed by atoms with van der Waals surface area (Å²) in [7, 11) is 0. The van der Waals surface area contributed by atoms with E-state index < -0.39 is 0 Å². The van der Waals surface area contributed by atoms with Crippen LogP contribution in [0.2, 0.25) is 0 Å². The zero-order valence-electron chi connectivity index (χ0n) is 3.38. The van der Waals surface area contributed by atoms with E-state index in [1.165, 1.54) is 0 Å². The van der Waals surface area contributed by atoms with Gasteiger partial charge in [0.2, 0.25) is 0 Å². The van der Waals surface area contributed by atoms with Crippen molar-refractivity contribution in [2.24, 2.45) is 0 Å². The molecule has 0 fully saturated rings. The third-order valence-corrected chi connectivity index (χ3v) is 0. The van der Waals surface area contributed by atoms with Gasteiger partial charge in [-0.25, -0.2) is 0 Å². The summed E-state index contributed by atoms with van der Waals surface area (Å²) >= 11 is 0. The molecule has 0 bridgehead atoms. The Hall–Kier alpha value is 0.228. The van der Waals surface area contributed by atoms with Gasteiger partial charge in [0, 0.05) is 49.3 Å². The summed E-state index contributed by atoms with van der Waals surface area (Å²) < 4.78 is 0. The van der Waals surface area contributed by atoms with Crippen molar-refractivity contribution in [3.8, 4) is 0 Å². The van der Waals surface area contributed by atoms with E-state index in [1.807, 2.05) is 0 Å². The van der Waals surface area contributed by atoms with Crippen molar-refractivity contribution < 1.29 is 49.3 Å². The summed E-state index contributed by atoms with van der Waals surface area (Å²) in [5, 5.41) is 0. The minimum atomic E-state index is 0. The first-order valence-electron chi connectivity index (χ1n) is 0. The minimum absolute atomic E-state index is 0. The summed E-state index contributed by atoms with van der Waals surface area (Å²) in [6.45, 7) is 0. The Morgan fingerprint density at radius 3 is 0.375 bits per heavy atom. The molecule has 0 saturated heterocycles. The molecule has 0 aliphatic rings. The van der Waals surface area contributed by atoms with Gasteiger partial charge in [-0.05, 0) is 0 Å². The summed E-state index contributed by atoms with van der Waals surface area (Å²) in [6.07, 6.45) is 0. The molecule has 0 spiro atoms. The topological polar surface area (TPSA) is 35.0 Å². The zero-order valence-corrected chi connectivity index (χ0v) is 6.32. The van der Waals surface area contributed by atoms with Crippen LogP contribution in [-0.2, 0) is 21.1 Å². The van der Waals surface area contributed by atoms with E-state index in [4.69, 9.17) is 0 Å². The quantitative estimate of drug-likeness (QED) is 0.686. The van der Waals surface area contributed by atoms with Gasteiger partial charge in [0.15, 0.2) is 0 Å². The molecule has 0 rings (SSSR count). The fourth-order valence-electron chi connectivity index (χ4n) is 0. The van der Waals surface area contributed by atoms with Gasteiger partial charge in [0.1, 0.15) is 0 Å². The average Bonchev–Trinajstić information content (AvgIpc) is 0. The van der Waals surface area contributed by atoms with Crippen LogP contribution in [0, 0.1) is 0 Å². The number of hydrogen-bond acceptors (Lipinski definition) is 1. The fraction of sp³-hybridized carbons (Fsp3) is 0. The van der Waals surface area contributed by atoms with Crippen LogP contribution in [0.25, 0.3) is 0 Å². The van der Waals surface area contributed by atoms with Crippen LogP contribution >= 0.6 is 0 Å². The maximum Gasteiger partial charge on any atom is 0 e. The minimum Gasteiger partial charge on any atom is -0.344 e. The molecular formula is H3F6NW. The van der Waals surface area contributed by atoms with Crippen molar-refractivity contribution in [2.75, 3.05) is 0 Å². The van der Waals surface area contributed by atoms with Crippen LogP contribution < -0.4 is 6.15 Å². The first kappa shape index (κ1) is 8250. The molecule has 0 heterocycles. The van der Waals surface area contributed by atoms with Gasteiger partial charge < -0.3 is 6.15 Å². The Bertz CT molecular complexity index is 8.49. The van der Waals surface area contributed by atoms with Crippen LogP contribution in [0.3, 0.4) is 0 Å². The van der Waals surface area contributed by atoms with E-state index in [0.717, 1.165) is 0 Å². The number of hydrogen-bond donors (Lipinski definition) is 1. The Labute approximate surface area is 56.3 Å². The van der Waals surface area contributed by atoms with E-state index in [-0.39, 0.29) is 55.4 Å². The van der Waals surface area contributed by atoms with Gasteiger partial charge in [0.05, 0.1) is 0 Å². The molecule has 3 N–H and O–H groups in total. The molecule has 0 aliphatic heterocycles. The van der Waals surface area contributed by atoms with Crippen LogP contribution in [0.1, 0.15) is 0 Å². The van der Waals surface area contributed by atoms with E-state index in [0.29, 0.717) is 0 Å². The predicted octanol–water partition coefficient (Wildman–Crippen LogP) is 2.68. The number of rotatable bonds is 0. The van der Waals surface area contributed by atoms with Gasteiger partial charge in [-0.15, -0.1) is 0 Å². The molecule has 0 aliphatic carbocycles. The Balaban J connectivity index is 0. The summed E-state index contributed by atoms with van der Waals surface area (Å²) in [5.74, 6) is 0. The molecule has 1 nitrogen and oxygen atoms in total. The van der Waals surface area contributed by atoms with Crippen molar-refractivity contribution >= 4 is 0 Å². The smallest absolute Gasteiger partial charge is 0 e. The maximum atomic E-state index is 0. The molecule has 0 saturated carbocycles. The SMILES string of the molecule is N.[F].[F].[F].[F].[F].[F].[W]. The van der Waals surface area contributed by atoms with Crippen molar-refractivity contribution in [3.63, 3.8) is 0 Å². The third-order valence-electron chi connectivity index (χ3n) is 0. The van der Waals surface area contributed by atoms with Crippen LogP contribution in [0.5, 0.6) is 0 Å². The molecule has 6 radical (unpaired) electrons. The molecular weight excluding hydrogens is 312 g/mol. The van der Waals surface area contributed by atoms with Crippen LogP contribution in [0.4, 0.5) is 28.2 Å². The van der Waals surface area contributed by atoms with Gasteiger partial charge in [-0.3, -0.25) is 0 Å². The first-order valence-corrected chi connectivity index (χ1v) is 0. The standard InChI is InChI=1S/6F.H3N.W/h;;;;;;1H3;. The van der Waals surface area contributed by atoms with Crippen molar-refractivity contribution in [2.45, 2.75) is 0 Å². The second-order valence-electron chi connectivity index (χ2n) is 0. The molecule has 0 aromatic rings. The van der Waals surface area contributed by atoms with Gasteiger partial charge in [0.25, 0.3) is 0 Å². The van der Waals surface area contributed by atoms with Gasteiger partial charge in [-0.2, -0.15) is 0 Å². The summed E-state index contributed by atoms with van der Waals surface area (Å²) in [5.41, 5.74) is 0. The first-order chi connectivity index (χ1) is 0. The second kappa shape index (κ2) is 5380. The number of halogens is 6. The third kappa shape index (κ3) is 3270. The molecule has 8 heavy (non-hydrogen) atoms. The monoisotopic (exact) mass is 315 g/mol. The molecule has 8 heteroatoms. The van der Waals surface area contributed by atoms with E-state index in [9.17, 15) is 0 Å². The van der Waals surface area contributed by atoms with Crippen LogP contribution in [-0.4, -0.2) is 0 Å². The van der Waals surface area contributed by atoms with Gasteiger partial charge >= 0.3 is 0 Å². The van der Waals surface area contributed by atoms with Crippen molar-refractivity contribution in [3.05, 3.63) is 0 Å².